The Morgan fingerprint density at radius 3 is 2.47 bits per heavy atom. The van der Waals surface area contributed by atoms with Crippen LogP contribution in [0.25, 0.3) is 0 Å². The van der Waals surface area contributed by atoms with Gasteiger partial charge in [-0.3, -0.25) is 0 Å². The molecule has 1 aromatic heterocycles. The minimum atomic E-state index is 0.485. The van der Waals surface area contributed by atoms with Crippen molar-refractivity contribution in [3.63, 3.8) is 0 Å². The van der Waals surface area contributed by atoms with Crippen LogP contribution in [-0.4, -0.2) is 50.5 Å². The summed E-state index contributed by atoms with van der Waals surface area (Å²) in [6.45, 7) is 2.48. The molecule has 0 bridgehead atoms. The average Bonchev–Trinajstić information content (AvgIpc) is 2.33. The van der Waals surface area contributed by atoms with Crippen LogP contribution in [0.2, 0.25) is 5.02 Å². The third-order valence-electron chi connectivity index (χ3n) is 1.93. The van der Waals surface area contributed by atoms with Crippen LogP contribution < -0.4 is 10.6 Å². The van der Waals surface area contributed by atoms with E-state index in [0.717, 1.165) is 0 Å². The fourth-order valence-electron chi connectivity index (χ4n) is 1.11. The number of nitrogens with one attached hydrogen (secondary N) is 2. The lowest BCUT2D eigenvalue weighted by Gasteiger charge is -2.09. The second-order valence-electron chi connectivity index (χ2n) is 3.23. The van der Waals surface area contributed by atoms with E-state index in [1.54, 1.807) is 20.4 Å². The van der Waals surface area contributed by atoms with Gasteiger partial charge < -0.3 is 20.1 Å². The molecule has 0 fully saturated rings. The molecule has 0 aliphatic heterocycles. The third kappa shape index (κ3) is 5.16. The summed E-state index contributed by atoms with van der Waals surface area (Å²) in [5.74, 6) is 1.12. The molecule has 1 heterocycles. The number of methoxy groups -OCH3 is 2. The van der Waals surface area contributed by atoms with E-state index in [4.69, 9.17) is 21.1 Å². The topological polar surface area (TPSA) is 68.3 Å². The minimum absolute atomic E-state index is 0.485. The lowest BCUT2D eigenvalue weighted by Crippen LogP contribution is -2.13. The number of anilines is 2. The van der Waals surface area contributed by atoms with Gasteiger partial charge in [-0.05, 0) is 0 Å². The van der Waals surface area contributed by atoms with E-state index in [2.05, 4.69) is 20.6 Å². The fourth-order valence-corrected chi connectivity index (χ4v) is 1.27. The molecule has 0 aromatic carbocycles. The number of rotatable bonds is 8. The molecular formula is C10H17ClN4O2. The highest BCUT2D eigenvalue weighted by Gasteiger charge is 2.04. The van der Waals surface area contributed by atoms with Gasteiger partial charge in [-0.2, -0.15) is 4.98 Å². The average molecular weight is 261 g/mol. The zero-order valence-electron chi connectivity index (χ0n) is 9.99. The quantitative estimate of drug-likeness (QED) is 0.686. The molecule has 0 spiro atoms. The van der Waals surface area contributed by atoms with E-state index in [9.17, 15) is 0 Å². The Labute approximate surface area is 106 Å². The summed E-state index contributed by atoms with van der Waals surface area (Å²) in [6.07, 6.45) is 1.55. The van der Waals surface area contributed by atoms with Gasteiger partial charge in [-0.15, -0.1) is 0 Å². The van der Waals surface area contributed by atoms with Crippen LogP contribution in [0.15, 0.2) is 6.20 Å². The van der Waals surface area contributed by atoms with Crippen molar-refractivity contribution in [2.45, 2.75) is 0 Å². The zero-order chi connectivity index (χ0) is 12.5. The van der Waals surface area contributed by atoms with Crippen LogP contribution in [0.1, 0.15) is 0 Å². The molecule has 7 heteroatoms. The summed E-state index contributed by atoms with van der Waals surface area (Å²) in [4.78, 5) is 8.30. The maximum atomic E-state index is 5.96. The summed E-state index contributed by atoms with van der Waals surface area (Å²) in [5, 5.41) is 6.58. The number of hydrogen-bond donors (Lipinski definition) is 2. The second-order valence-corrected chi connectivity index (χ2v) is 3.64. The van der Waals surface area contributed by atoms with E-state index in [-0.39, 0.29) is 0 Å². The van der Waals surface area contributed by atoms with Crippen molar-refractivity contribution in [3.05, 3.63) is 11.2 Å². The van der Waals surface area contributed by atoms with Gasteiger partial charge in [0.2, 0.25) is 5.95 Å². The summed E-state index contributed by atoms with van der Waals surface area (Å²) in [7, 11) is 3.28. The number of nitrogens with zero attached hydrogens (tertiary/aromatic N) is 2. The van der Waals surface area contributed by atoms with Crippen molar-refractivity contribution in [3.8, 4) is 0 Å². The maximum Gasteiger partial charge on any atom is 0.224 e. The van der Waals surface area contributed by atoms with E-state index < -0.39 is 0 Å². The van der Waals surface area contributed by atoms with Gasteiger partial charge in [0.1, 0.15) is 5.02 Å². The predicted molar refractivity (Wildman–Crippen MR) is 67.8 cm³/mol. The molecule has 0 saturated heterocycles. The van der Waals surface area contributed by atoms with Crippen molar-refractivity contribution in [2.24, 2.45) is 0 Å². The first kappa shape index (κ1) is 14.0. The molecule has 0 amide bonds. The van der Waals surface area contributed by atoms with Crippen molar-refractivity contribution >= 4 is 23.4 Å². The van der Waals surface area contributed by atoms with Gasteiger partial charge in [0.15, 0.2) is 5.82 Å². The third-order valence-corrected chi connectivity index (χ3v) is 2.21. The first-order valence-electron chi connectivity index (χ1n) is 5.26. The molecule has 0 radical (unpaired) electrons. The lowest BCUT2D eigenvalue weighted by molar-refractivity contribution is 0.210. The standard InChI is InChI=1S/C10H17ClN4O2/c1-16-5-3-12-9-8(11)7-14-10(15-9)13-4-6-17-2/h7H,3-6H2,1-2H3,(H2,12,13,14,15). The van der Waals surface area contributed by atoms with Gasteiger partial charge in [0.05, 0.1) is 19.4 Å². The highest BCUT2D eigenvalue weighted by atomic mass is 35.5. The van der Waals surface area contributed by atoms with Gasteiger partial charge in [0.25, 0.3) is 0 Å². The van der Waals surface area contributed by atoms with E-state index in [0.29, 0.717) is 43.1 Å². The summed E-state index contributed by atoms with van der Waals surface area (Å²) >= 11 is 5.96. The number of aromatic nitrogens is 2. The van der Waals surface area contributed by atoms with Crippen molar-refractivity contribution in [2.75, 3.05) is 51.2 Å². The van der Waals surface area contributed by atoms with Gasteiger partial charge in [0, 0.05) is 27.3 Å². The lowest BCUT2D eigenvalue weighted by atomic mass is 10.5. The first-order chi connectivity index (χ1) is 8.27. The molecule has 96 valence electrons. The van der Waals surface area contributed by atoms with Gasteiger partial charge in [-0.25, -0.2) is 4.98 Å². The SMILES string of the molecule is COCCNc1ncc(Cl)c(NCCOC)n1. The second kappa shape index (κ2) is 8.05. The monoisotopic (exact) mass is 260 g/mol. The van der Waals surface area contributed by atoms with Crippen LogP contribution in [0, 0.1) is 0 Å². The molecule has 6 nitrogen and oxygen atoms in total. The number of ether oxygens (including phenoxy) is 2. The Morgan fingerprint density at radius 2 is 1.82 bits per heavy atom. The van der Waals surface area contributed by atoms with E-state index in [1.807, 2.05) is 0 Å². The molecule has 0 aliphatic carbocycles. The molecule has 0 atom stereocenters. The molecule has 17 heavy (non-hydrogen) atoms. The summed E-state index contributed by atoms with van der Waals surface area (Å²) < 4.78 is 9.85. The Balaban J connectivity index is 2.53. The van der Waals surface area contributed by atoms with Crippen LogP contribution in [0.3, 0.4) is 0 Å². The normalized spacial score (nSPS) is 10.3. The Morgan fingerprint density at radius 1 is 1.18 bits per heavy atom. The van der Waals surface area contributed by atoms with Crippen molar-refractivity contribution in [1.82, 2.24) is 9.97 Å². The Kier molecular flexibility index (Phi) is 6.61. The van der Waals surface area contributed by atoms with Crippen LogP contribution in [0.4, 0.5) is 11.8 Å². The largest absolute Gasteiger partial charge is 0.383 e. The van der Waals surface area contributed by atoms with E-state index >= 15 is 0 Å². The van der Waals surface area contributed by atoms with Crippen molar-refractivity contribution < 1.29 is 9.47 Å². The molecule has 2 N–H and O–H groups in total. The Bertz CT molecular complexity index is 338. The van der Waals surface area contributed by atoms with E-state index in [1.165, 1.54) is 0 Å². The maximum absolute atomic E-state index is 5.96. The molecule has 1 aromatic rings. The van der Waals surface area contributed by atoms with Gasteiger partial charge >= 0.3 is 0 Å². The Hall–Kier alpha value is -1.11. The highest BCUT2D eigenvalue weighted by Crippen LogP contribution is 2.18. The molecule has 0 unspecified atom stereocenters. The van der Waals surface area contributed by atoms with Crippen LogP contribution in [-0.2, 0) is 9.47 Å². The fraction of sp³-hybridized carbons (Fsp3) is 0.600. The zero-order valence-corrected chi connectivity index (χ0v) is 10.8. The number of halogens is 1. The predicted octanol–water partition coefficient (Wildman–Crippen LogP) is 1.25. The summed E-state index contributed by atoms with van der Waals surface area (Å²) in [5.41, 5.74) is 0. The highest BCUT2D eigenvalue weighted by molar-refractivity contribution is 6.32. The smallest absolute Gasteiger partial charge is 0.224 e. The molecule has 0 aliphatic rings. The summed E-state index contributed by atoms with van der Waals surface area (Å²) in [6, 6.07) is 0. The molecule has 1 rings (SSSR count). The molecular weight excluding hydrogens is 244 g/mol. The molecule has 0 saturated carbocycles. The van der Waals surface area contributed by atoms with Crippen molar-refractivity contribution in [1.29, 1.82) is 0 Å². The van der Waals surface area contributed by atoms with Gasteiger partial charge in [-0.1, -0.05) is 11.6 Å². The minimum Gasteiger partial charge on any atom is -0.383 e. The first-order valence-corrected chi connectivity index (χ1v) is 5.64. The number of hydrogen-bond acceptors (Lipinski definition) is 6. The van der Waals surface area contributed by atoms with Crippen LogP contribution >= 0.6 is 11.6 Å². The van der Waals surface area contributed by atoms with Crippen LogP contribution in [0.5, 0.6) is 0 Å².